The molecule has 25 heavy (non-hydrogen) atoms. The van der Waals surface area contributed by atoms with Gasteiger partial charge in [0.05, 0.1) is 9.21 Å². The Morgan fingerprint density at radius 3 is 2.76 bits per heavy atom. The van der Waals surface area contributed by atoms with Gasteiger partial charge >= 0.3 is 0 Å². The Kier molecular flexibility index (Phi) is 6.51. The van der Waals surface area contributed by atoms with Crippen LogP contribution in [0.15, 0.2) is 18.2 Å². The van der Waals surface area contributed by atoms with Crippen molar-refractivity contribution in [1.29, 1.82) is 0 Å². The summed E-state index contributed by atoms with van der Waals surface area (Å²) in [5.41, 5.74) is 1.44. The van der Waals surface area contributed by atoms with Crippen LogP contribution in [0, 0.1) is 0 Å². The smallest absolute Gasteiger partial charge is 0.269 e. The lowest BCUT2D eigenvalue weighted by Gasteiger charge is -2.26. The molecule has 0 aliphatic carbocycles. The summed E-state index contributed by atoms with van der Waals surface area (Å²) in [5, 5.41) is 7.65. The lowest BCUT2D eigenvalue weighted by Crippen LogP contribution is -2.38. The summed E-state index contributed by atoms with van der Waals surface area (Å²) in [6, 6.07) is 5.68. The molecule has 1 N–H and O–H groups in total. The summed E-state index contributed by atoms with van der Waals surface area (Å²) < 4.78 is 2.53. The van der Waals surface area contributed by atoms with Gasteiger partial charge in [0.15, 0.2) is 0 Å². The highest BCUT2D eigenvalue weighted by Gasteiger charge is 2.17. The number of rotatable bonds is 7. The molecule has 0 bridgehead atoms. The number of nitrogens with one attached hydrogen (secondary N) is 1. The number of likely N-dealkylation sites (tertiary alicyclic amines) is 1. The molecule has 3 heterocycles. The van der Waals surface area contributed by atoms with Crippen LogP contribution in [0.5, 0.6) is 0 Å². The first-order chi connectivity index (χ1) is 12.2. The molecule has 0 saturated carbocycles. The van der Waals surface area contributed by atoms with E-state index in [1.165, 1.54) is 30.6 Å². The summed E-state index contributed by atoms with van der Waals surface area (Å²) in [6.45, 7) is 6.70. The largest absolute Gasteiger partial charge is 0.349 e. The second-order valence-corrected chi connectivity index (χ2v) is 8.12. The van der Waals surface area contributed by atoms with Crippen LogP contribution >= 0.6 is 22.9 Å². The maximum absolute atomic E-state index is 12.6. The number of hydrogen-bond donors (Lipinski definition) is 1. The molecule has 5 nitrogen and oxygen atoms in total. The van der Waals surface area contributed by atoms with Crippen molar-refractivity contribution in [2.75, 3.05) is 26.2 Å². The van der Waals surface area contributed by atoms with Gasteiger partial charge in [0.2, 0.25) is 0 Å². The average molecular weight is 381 g/mol. The van der Waals surface area contributed by atoms with Crippen LogP contribution in [-0.2, 0) is 6.54 Å². The van der Waals surface area contributed by atoms with Gasteiger partial charge in [0.1, 0.15) is 11.4 Å². The molecular formula is C18H25ClN4OS. The van der Waals surface area contributed by atoms with E-state index in [2.05, 4.69) is 22.2 Å². The molecule has 3 rings (SSSR count). The van der Waals surface area contributed by atoms with Gasteiger partial charge in [-0.2, -0.15) is 5.10 Å². The number of hydrogen-bond acceptors (Lipinski definition) is 4. The minimum absolute atomic E-state index is 0.0492. The molecule has 1 fully saturated rings. The van der Waals surface area contributed by atoms with E-state index in [4.69, 9.17) is 11.6 Å². The van der Waals surface area contributed by atoms with E-state index < -0.39 is 0 Å². The fraction of sp³-hybridized carbons (Fsp3) is 0.556. The van der Waals surface area contributed by atoms with Crippen LogP contribution in [0.25, 0.3) is 10.6 Å². The Morgan fingerprint density at radius 1 is 1.28 bits per heavy atom. The zero-order chi connectivity index (χ0) is 17.6. The lowest BCUT2D eigenvalue weighted by atomic mass is 10.1. The molecule has 1 saturated heterocycles. The zero-order valence-electron chi connectivity index (χ0n) is 14.6. The Bertz CT molecular complexity index is 706. The lowest BCUT2D eigenvalue weighted by molar-refractivity contribution is 0.0935. The molecule has 1 aliphatic rings. The van der Waals surface area contributed by atoms with Gasteiger partial charge in [-0.15, -0.1) is 11.3 Å². The molecule has 0 atom stereocenters. The number of aromatic nitrogens is 2. The monoisotopic (exact) mass is 380 g/mol. The van der Waals surface area contributed by atoms with Crippen molar-refractivity contribution in [1.82, 2.24) is 20.0 Å². The van der Waals surface area contributed by atoms with Crippen LogP contribution < -0.4 is 5.32 Å². The molecule has 0 radical (unpaired) electrons. The molecule has 2 aromatic rings. The van der Waals surface area contributed by atoms with Crippen molar-refractivity contribution >= 4 is 28.8 Å². The third-order valence-electron chi connectivity index (χ3n) is 4.44. The molecule has 0 spiro atoms. The van der Waals surface area contributed by atoms with Gasteiger partial charge in [0.25, 0.3) is 5.91 Å². The minimum atomic E-state index is -0.0492. The fourth-order valence-corrected chi connectivity index (χ4v) is 4.15. The normalized spacial score (nSPS) is 15.4. The van der Waals surface area contributed by atoms with Crippen molar-refractivity contribution in [3.8, 4) is 10.6 Å². The molecule has 0 aromatic carbocycles. The molecule has 1 amide bonds. The van der Waals surface area contributed by atoms with E-state index in [9.17, 15) is 4.79 Å². The van der Waals surface area contributed by atoms with Gasteiger partial charge in [-0.25, -0.2) is 0 Å². The molecule has 7 heteroatoms. The summed E-state index contributed by atoms with van der Waals surface area (Å²) in [7, 11) is 0. The van der Waals surface area contributed by atoms with E-state index in [-0.39, 0.29) is 5.91 Å². The van der Waals surface area contributed by atoms with Crippen LogP contribution in [0.1, 0.15) is 43.1 Å². The predicted molar refractivity (Wildman–Crippen MR) is 103 cm³/mol. The number of aryl methyl sites for hydroxylation is 1. The zero-order valence-corrected chi connectivity index (χ0v) is 16.2. The van der Waals surface area contributed by atoms with Crippen LogP contribution in [0.2, 0.25) is 4.34 Å². The first-order valence-corrected chi connectivity index (χ1v) is 10.2. The quantitative estimate of drug-likeness (QED) is 0.792. The van der Waals surface area contributed by atoms with Gasteiger partial charge in [-0.3, -0.25) is 9.48 Å². The summed E-state index contributed by atoms with van der Waals surface area (Å²) in [6.07, 6.45) is 4.79. The minimum Gasteiger partial charge on any atom is -0.349 e. The highest BCUT2D eigenvalue weighted by molar-refractivity contribution is 7.19. The number of thiophene rings is 1. The van der Waals surface area contributed by atoms with E-state index in [1.54, 1.807) is 4.68 Å². The number of piperidine rings is 1. The molecule has 0 unspecified atom stereocenters. The Hall–Kier alpha value is -1.37. The van der Waals surface area contributed by atoms with Crippen molar-refractivity contribution in [2.45, 2.75) is 39.2 Å². The van der Waals surface area contributed by atoms with Crippen molar-refractivity contribution in [3.05, 3.63) is 28.2 Å². The molecule has 1 aliphatic heterocycles. The number of halogens is 1. The first kappa shape index (κ1) is 18.4. The third kappa shape index (κ3) is 4.84. The van der Waals surface area contributed by atoms with E-state index in [0.29, 0.717) is 12.2 Å². The van der Waals surface area contributed by atoms with Crippen molar-refractivity contribution < 1.29 is 4.79 Å². The summed E-state index contributed by atoms with van der Waals surface area (Å²) in [5.74, 6) is -0.0492. The average Bonchev–Trinajstić information content (AvgIpc) is 3.22. The van der Waals surface area contributed by atoms with E-state index >= 15 is 0 Å². The Balaban J connectivity index is 1.64. The van der Waals surface area contributed by atoms with Crippen LogP contribution in [0.4, 0.5) is 0 Å². The molecular weight excluding hydrogens is 356 g/mol. The number of amides is 1. The third-order valence-corrected chi connectivity index (χ3v) is 5.69. The van der Waals surface area contributed by atoms with Crippen LogP contribution in [-0.4, -0.2) is 46.8 Å². The SMILES string of the molecule is CCCn1nc(-c2ccc(Cl)s2)cc1C(=O)NCCN1CCCCC1. The van der Waals surface area contributed by atoms with Crippen LogP contribution in [0.3, 0.4) is 0 Å². The topological polar surface area (TPSA) is 50.2 Å². The fourth-order valence-electron chi connectivity index (χ4n) is 3.16. The van der Waals surface area contributed by atoms with E-state index in [0.717, 1.165) is 47.5 Å². The Morgan fingerprint density at radius 2 is 2.08 bits per heavy atom. The summed E-state index contributed by atoms with van der Waals surface area (Å²) >= 11 is 7.50. The highest BCUT2D eigenvalue weighted by atomic mass is 35.5. The number of carbonyl (C=O) groups is 1. The second-order valence-electron chi connectivity index (χ2n) is 6.40. The first-order valence-electron chi connectivity index (χ1n) is 9.01. The van der Waals surface area contributed by atoms with Gasteiger partial charge in [-0.05, 0) is 50.6 Å². The maximum atomic E-state index is 12.6. The van der Waals surface area contributed by atoms with Crippen molar-refractivity contribution in [2.24, 2.45) is 0 Å². The second kappa shape index (κ2) is 8.83. The molecule has 2 aromatic heterocycles. The van der Waals surface area contributed by atoms with Gasteiger partial charge in [0, 0.05) is 19.6 Å². The molecule has 136 valence electrons. The number of nitrogens with zero attached hydrogens (tertiary/aromatic N) is 3. The van der Waals surface area contributed by atoms with Gasteiger partial charge < -0.3 is 10.2 Å². The highest BCUT2D eigenvalue weighted by Crippen LogP contribution is 2.30. The Labute approximate surface area is 158 Å². The maximum Gasteiger partial charge on any atom is 0.269 e. The predicted octanol–water partition coefficient (Wildman–Crippen LogP) is 3.89. The number of carbonyl (C=O) groups excluding carboxylic acids is 1. The summed E-state index contributed by atoms with van der Waals surface area (Å²) in [4.78, 5) is 16.0. The van der Waals surface area contributed by atoms with Gasteiger partial charge in [-0.1, -0.05) is 24.9 Å². The van der Waals surface area contributed by atoms with Crippen molar-refractivity contribution in [3.63, 3.8) is 0 Å². The van der Waals surface area contributed by atoms with E-state index in [1.807, 2.05) is 18.2 Å². The standard InChI is InChI=1S/C18H25ClN4OS/c1-2-9-23-15(13-14(21-23)16-6-7-17(19)25-16)18(24)20-8-12-22-10-4-3-5-11-22/h6-7,13H,2-5,8-12H2,1H3,(H,20,24).